The van der Waals surface area contributed by atoms with E-state index >= 15 is 0 Å². The number of carbonyl (C=O) groups excluding carboxylic acids is 1. The molecule has 0 bridgehead atoms. The van der Waals surface area contributed by atoms with Gasteiger partial charge in [0.15, 0.2) is 4.80 Å². The molecule has 0 aliphatic rings. The second-order valence-electron chi connectivity index (χ2n) is 5.29. The maximum atomic E-state index is 12.5. The standard InChI is InChI=1S/C18H17ClN2O2S2/c1-23-14-7-8-15-16(11-14)25-18(21(15)9-10-24-2)20-17(22)12-3-5-13(19)6-4-12/h3-8,11H,9-10H2,1-2H3. The van der Waals surface area contributed by atoms with E-state index in [9.17, 15) is 4.79 Å². The van der Waals surface area contributed by atoms with Crippen molar-refractivity contribution in [2.45, 2.75) is 6.54 Å². The summed E-state index contributed by atoms with van der Waals surface area (Å²) in [7, 11) is 1.64. The van der Waals surface area contributed by atoms with E-state index in [2.05, 4.69) is 15.8 Å². The molecular weight excluding hydrogens is 376 g/mol. The molecule has 3 rings (SSSR count). The van der Waals surface area contributed by atoms with E-state index in [-0.39, 0.29) is 5.91 Å². The van der Waals surface area contributed by atoms with Crippen LogP contribution >= 0.6 is 34.7 Å². The molecule has 4 nitrogen and oxygen atoms in total. The molecule has 1 heterocycles. The fourth-order valence-corrected chi connectivity index (χ4v) is 3.98. The number of nitrogens with zero attached hydrogens (tertiary/aromatic N) is 2. The number of amides is 1. The zero-order valence-corrected chi connectivity index (χ0v) is 16.2. The van der Waals surface area contributed by atoms with Gasteiger partial charge in [-0.25, -0.2) is 0 Å². The number of hydrogen-bond acceptors (Lipinski definition) is 4. The van der Waals surface area contributed by atoms with Crippen molar-refractivity contribution in [1.29, 1.82) is 0 Å². The van der Waals surface area contributed by atoms with Gasteiger partial charge >= 0.3 is 0 Å². The van der Waals surface area contributed by atoms with Gasteiger partial charge in [-0.2, -0.15) is 16.8 Å². The molecule has 0 saturated heterocycles. The lowest BCUT2D eigenvalue weighted by Crippen LogP contribution is -2.18. The highest BCUT2D eigenvalue weighted by Gasteiger charge is 2.10. The highest BCUT2D eigenvalue weighted by Crippen LogP contribution is 2.23. The molecule has 0 radical (unpaired) electrons. The molecule has 0 N–H and O–H groups in total. The van der Waals surface area contributed by atoms with Gasteiger partial charge in [-0.05, 0) is 48.7 Å². The van der Waals surface area contributed by atoms with Crippen LogP contribution in [-0.2, 0) is 6.54 Å². The normalized spacial score (nSPS) is 11.9. The van der Waals surface area contributed by atoms with Crippen molar-refractivity contribution in [3.8, 4) is 5.75 Å². The van der Waals surface area contributed by atoms with Gasteiger partial charge in [0.2, 0.25) is 0 Å². The summed E-state index contributed by atoms with van der Waals surface area (Å²) in [5.74, 6) is 1.47. The first-order valence-electron chi connectivity index (χ1n) is 7.63. The van der Waals surface area contributed by atoms with Gasteiger partial charge in [0.05, 0.1) is 17.3 Å². The Labute approximate surface area is 159 Å². The zero-order chi connectivity index (χ0) is 17.8. The van der Waals surface area contributed by atoms with Gasteiger partial charge in [0.25, 0.3) is 5.91 Å². The first kappa shape index (κ1) is 18.0. The van der Waals surface area contributed by atoms with Crippen LogP contribution in [0, 0.1) is 0 Å². The molecule has 0 fully saturated rings. The topological polar surface area (TPSA) is 43.6 Å². The zero-order valence-electron chi connectivity index (χ0n) is 13.9. The number of methoxy groups -OCH3 is 1. The lowest BCUT2D eigenvalue weighted by Gasteiger charge is -2.04. The second-order valence-corrected chi connectivity index (χ2v) is 7.72. The number of benzene rings is 2. The van der Waals surface area contributed by atoms with Crippen LogP contribution in [-0.4, -0.2) is 29.6 Å². The molecule has 1 aromatic heterocycles. The summed E-state index contributed by atoms with van der Waals surface area (Å²) in [6.45, 7) is 0.792. The van der Waals surface area contributed by atoms with Crippen molar-refractivity contribution in [3.05, 3.63) is 57.9 Å². The van der Waals surface area contributed by atoms with Crippen LogP contribution in [0.2, 0.25) is 5.02 Å². The smallest absolute Gasteiger partial charge is 0.279 e. The number of aryl methyl sites for hydroxylation is 1. The highest BCUT2D eigenvalue weighted by molar-refractivity contribution is 7.98. The predicted molar refractivity (Wildman–Crippen MR) is 106 cm³/mol. The van der Waals surface area contributed by atoms with E-state index in [1.807, 2.05) is 18.2 Å². The average molecular weight is 393 g/mol. The fourth-order valence-electron chi connectivity index (χ4n) is 2.41. The second kappa shape index (κ2) is 8.08. The number of carbonyl (C=O) groups is 1. The van der Waals surface area contributed by atoms with Gasteiger partial charge in [0, 0.05) is 22.9 Å². The van der Waals surface area contributed by atoms with Crippen molar-refractivity contribution in [2.75, 3.05) is 19.1 Å². The predicted octanol–water partition coefficient (Wildman–Crippen LogP) is 4.47. The van der Waals surface area contributed by atoms with Crippen LogP contribution in [0.1, 0.15) is 10.4 Å². The maximum absolute atomic E-state index is 12.5. The summed E-state index contributed by atoms with van der Waals surface area (Å²) in [5, 5.41) is 0.598. The third kappa shape index (κ3) is 4.08. The van der Waals surface area contributed by atoms with Gasteiger partial charge in [-0.3, -0.25) is 4.79 Å². The van der Waals surface area contributed by atoms with Crippen LogP contribution in [0.15, 0.2) is 47.5 Å². The van der Waals surface area contributed by atoms with Crippen LogP contribution in [0.5, 0.6) is 5.75 Å². The minimum Gasteiger partial charge on any atom is -0.497 e. The van der Waals surface area contributed by atoms with Crippen LogP contribution < -0.4 is 9.54 Å². The highest BCUT2D eigenvalue weighted by atomic mass is 35.5. The number of rotatable bonds is 5. The first-order valence-corrected chi connectivity index (χ1v) is 10.2. The van der Waals surface area contributed by atoms with Crippen molar-refractivity contribution < 1.29 is 9.53 Å². The van der Waals surface area contributed by atoms with Gasteiger partial charge in [-0.15, -0.1) is 0 Å². The molecule has 3 aromatic rings. The van der Waals surface area contributed by atoms with Crippen molar-refractivity contribution in [3.63, 3.8) is 0 Å². The number of hydrogen-bond donors (Lipinski definition) is 0. The summed E-state index contributed by atoms with van der Waals surface area (Å²) in [4.78, 5) is 17.6. The Hall–Kier alpha value is -1.76. The van der Waals surface area contributed by atoms with Crippen molar-refractivity contribution in [1.82, 2.24) is 4.57 Å². The number of fused-ring (bicyclic) bond motifs is 1. The van der Waals surface area contributed by atoms with E-state index < -0.39 is 0 Å². The largest absolute Gasteiger partial charge is 0.497 e. The molecule has 0 unspecified atom stereocenters. The lowest BCUT2D eigenvalue weighted by atomic mass is 10.2. The maximum Gasteiger partial charge on any atom is 0.279 e. The molecule has 1 amide bonds. The van der Waals surface area contributed by atoms with E-state index in [1.165, 1.54) is 11.3 Å². The summed E-state index contributed by atoms with van der Waals surface area (Å²) in [6.07, 6.45) is 2.06. The Kier molecular flexibility index (Phi) is 5.83. The van der Waals surface area contributed by atoms with E-state index in [0.29, 0.717) is 15.4 Å². The minimum absolute atomic E-state index is 0.270. The number of thioether (sulfide) groups is 1. The SMILES string of the molecule is COc1ccc2c(c1)sc(=NC(=O)c1ccc(Cl)cc1)n2CCSC. The number of aromatic nitrogens is 1. The Balaban J connectivity index is 2.09. The third-order valence-corrected chi connectivity index (χ3v) is 5.58. The quantitative estimate of drug-likeness (QED) is 0.643. The molecule has 0 aliphatic carbocycles. The molecule has 0 atom stereocenters. The first-order chi connectivity index (χ1) is 12.1. The van der Waals surface area contributed by atoms with Crippen LogP contribution in [0.3, 0.4) is 0 Å². The molecule has 0 saturated carbocycles. The summed E-state index contributed by atoms with van der Waals surface area (Å²) in [6, 6.07) is 12.7. The average Bonchev–Trinajstić information content (AvgIpc) is 2.96. The molecule has 0 spiro atoms. The molecule has 130 valence electrons. The Morgan fingerprint density at radius 1 is 1.28 bits per heavy atom. The number of thiazole rings is 1. The summed E-state index contributed by atoms with van der Waals surface area (Å²) < 4.78 is 8.43. The van der Waals surface area contributed by atoms with Gasteiger partial charge in [-0.1, -0.05) is 22.9 Å². The van der Waals surface area contributed by atoms with Crippen molar-refractivity contribution >= 4 is 50.8 Å². The summed E-state index contributed by atoms with van der Waals surface area (Å²) in [5.41, 5.74) is 1.58. The van der Waals surface area contributed by atoms with Gasteiger partial charge in [0.1, 0.15) is 5.75 Å². The minimum atomic E-state index is -0.270. The number of halogens is 1. The van der Waals surface area contributed by atoms with E-state index in [1.54, 1.807) is 43.1 Å². The Bertz CT molecular complexity index is 961. The molecule has 0 aliphatic heterocycles. The summed E-state index contributed by atoms with van der Waals surface area (Å²) >= 11 is 9.13. The number of ether oxygens (including phenoxy) is 1. The molecule has 25 heavy (non-hydrogen) atoms. The van der Waals surface area contributed by atoms with Crippen molar-refractivity contribution in [2.24, 2.45) is 4.99 Å². The van der Waals surface area contributed by atoms with Crippen LogP contribution in [0.4, 0.5) is 0 Å². The molecule has 7 heteroatoms. The molecule has 2 aromatic carbocycles. The van der Waals surface area contributed by atoms with Crippen LogP contribution in [0.25, 0.3) is 10.2 Å². The lowest BCUT2D eigenvalue weighted by molar-refractivity contribution is 0.0998. The van der Waals surface area contributed by atoms with E-state index in [4.69, 9.17) is 16.3 Å². The fraction of sp³-hybridized carbons (Fsp3) is 0.222. The third-order valence-electron chi connectivity index (χ3n) is 3.70. The Morgan fingerprint density at radius 3 is 2.72 bits per heavy atom. The van der Waals surface area contributed by atoms with E-state index in [0.717, 1.165) is 28.3 Å². The molecular formula is C18H17ClN2O2S2. The van der Waals surface area contributed by atoms with Gasteiger partial charge < -0.3 is 9.30 Å². The monoisotopic (exact) mass is 392 g/mol. The Morgan fingerprint density at radius 2 is 2.04 bits per heavy atom.